The Morgan fingerprint density at radius 1 is 0.345 bits per heavy atom. The number of para-hydroxylation sites is 1. The minimum atomic E-state index is -0.484. The summed E-state index contributed by atoms with van der Waals surface area (Å²) in [4.78, 5) is 2.36. The van der Waals surface area contributed by atoms with Crippen molar-refractivity contribution in [3.8, 4) is 22.3 Å². The molecule has 0 atom stereocenters. The number of thiophene rings is 1. The first-order valence-corrected chi connectivity index (χ1v) is 19.7. The molecule has 0 saturated carbocycles. The van der Waals surface area contributed by atoms with E-state index in [1.165, 1.54) is 75.5 Å². The fraction of sp³-hybridized carbons (Fsp3) is 0.0189. The maximum Gasteiger partial charge on any atom is 0.0713 e. The molecule has 11 rings (SSSR count). The van der Waals surface area contributed by atoms with Gasteiger partial charge in [0.05, 0.1) is 5.41 Å². The van der Waals surface area contributed by atoms with Gasteiger partial charge in [-0.3, -0.25) is 0 Å². The molecule has 1 nitrogen and oxygen atoms in total. The molecule has 0 spiro atoms. The molecule has 0 radical (unpaired) electrons. The molecule has 0 saturated heterocycles. The standard InChI is InChI=1S/C53H35NS/c1-2-14-42(15-3-1)54(43-29-24-37(25-30-43)39-23-22-36-12-4-5-13-38(36)34-39)44-31-26-40(27-32-44)53(49-19-9-6-16-45(49)46-17-7-10-20-50(46)53)41-28-33-52-48(35-41)47-18-8-11-21-51(47)55-52/h1-35H. The van der Waals surface area contributed by atoms with Crippen LogP contribution in [0.5, 0.6) is 0 Å². The lowest BCUT2D eigenvalue weighted by atomic mass is 9.67. The second kappa shape index (κ2) is 12.7. The van der Waals surface area contributed by atoms with Gasteiger partial charge in [0.15, 0.2) is 0 Å². The van der Waals surface area contributed by atoms with Gasteiger partial charge in [-0.25, -0.2) is 0 Å². The van der Waals surface area contributed by atoms with E-state index in [2.05, 4.69) is 217 Å². The van der Waals surface area contributed by atoms with Gasteiger partial charge in [-0.15, -0.1) is 11.3 Å². The Kier molecular flexibility index (Phi) is 7.33. The van der Waals surface area contributed by atoms with Crippen molar-refractivity contribution in [2.24, 2.45) is 0 Å². The van der Waals surface area contributed by atoms with Crippen molar-refractivity contribution in [1.82, 2.24) is 0 Å². The second-order valence-corrected chi connectivity index (χ2v) is 15.6. The van der Waals surface area contributed by atoms with Crippen LogP contribution in [0, 0.1) is 0 Å². The first-order valence-electron chi connectivity index (χ1n) is 18.9. The van der Waals surface area contributed by atoms with Crippen LogP contribution in [-0.2, 0) is 5.41 Å². The lowest BCUT2D eigenvalue weighted by Gasteiger charge is -2.34. The van der Waals surface area contributed by atoms with E-state index in [1.54, 1.807) is 0 Å². The Morgan fingerprint density at radius 3 is 1.64 bits per heavy atom. The van der Waals surface area contributed by atoms with E-state index in [4.69, 9.17) is 0 Å². The van der Waals surface area contributed by atoms with Gasteiger partial charge in [-0.2, -0.15) is 0 Å². The molecule has 0 N–H and O–H groups in total. The minimum absolute atomic E-state index is 0.484. The molecular formula is C53H35NS. The molecule has 0 aliphatic heterocycles. The van der Waals surface area contributed by atoms with Gasteiger partial charge in [-0.1, -0.05) is 152 Å². The zero-order valence-electron chi connectivity index (χ0n) is 30.1. The second-order valence-electron chi connectivity index (χ2n) is 14.5. The van der Waals surface area contributed by atoms with Crippen molar-refractivity contribution in [1.29, 1.82) is 0 Å². The third-order valence-corrected chi connectivity index (χ3v) is 12.7. The maximum absolute atomic E-state index is 2.47. The fourth-order valence-electron chi connectivity index (χ4n) is 9.04. The topological polar surface area (TPSA) is 3.24 Å². The molecule has 0 fully saturated rings. The van der Waals surface area contributed by atoms with Crippen molar-refractivity contribution in [3.63, 3.8) is 0 Å². The molecule has 1 aromatic heterocycles. The summed E-state index contributed by atoms with van der Waals surface area (Å²) in [5, 5.41) is 5.15. The van der Waals surface area contributed by atoms with Crippen LogP contribution in [0.15, 0.2) is 212 Å². The summed E-state index contributed by atoms with van der Waals surface area (Å²) < 4.78 is 2.65. The number of hydrogen-bond donors (Lipinski definition) is 0. The molecule has 0 unspecified atom stereocenters. The van der Waals surface area contributed by atoms with Gasteiger partial charge < -0.3 is 4.90 Å². The lowest BCUT2D eigenvalue weighted by molar-refractivity contribution is 0.770. The van der Waals surface area contributed by atoms with Crippen molar-refractivity contribution >= 4 is 59.3 Å². The highest BCUT2D eigenvalue weighted by molar-refractivity contribution is 7.25. The summed E-state index contributed by atoms with van der Waals surface area (Å²) in [6.45, 7) is 0. The molecule has 2 heteroatoms. The van der Waals surface area contributed by atoms with Crippen molar-refractivity contribution < 1.29 is 0 Å². The predicted molar refractivity (Wildman–Crippen MR) is 234 cm³/mol. The largest absolute Gasteiger partial charge is 0.311 e. The Hall–Kier alpha value is -6.74. The van der Waals surface area contributed by atoms with Crippen LogP contribution in [0.2, 0.25) is 0 Å². The minimum Gasteiger partial charge on any atom is -0.311 e. The van der Waals surface area contributed by atoms with E-state index < -0.39 is 5.41 Å². The van der Waals surface area contributed by atoms with Crippen LogP contribution in [0.3, 0.4) is 0 Å². The van der Waals surface area contributed by atoms with E-state index in [0.29, 0.717) is 0 Å². The highest BCUT2D eigenvalue weighted by Gasteiger charge is 2.46. The number of nitrogens with zero attached hydrogens (tertiary/aromatic N) is 1. The highest BCUT2D eigenvalue weighted by atomic mass is 32.1. The third-order valence-electron chi connectivity index (χ3n) is 11.5. The molecule has 258 valence electrons. The van der Waals surface area contributed by atoms with Gasteiger partial charge in [0.1, 0.15) is 0 Å². The van der Waals surface area contributed by atoms with Crippen molar-refractivity contribution in [2.45, 2.75) is 5.41 Å². The van der Waals surface area contributed by atoms with Crippen LogP contribution in [-0.4, -0.2) is 0 Å². The smallest absolute Gasteiger partial charge is 0.0713 e. The summed E-state index contributed by atoms with van der Waals surface area (Å²) in [6.07, 6.45) is 0. The van der Waals surface area contributed by atoms with E-state index in [-0.39, 0.29) is 0 Å². The number of hydrogen-bond acceptors (Lipinski definition) is 2. The molecule has 1 heterocycles. The van der Waals surface area contributed by atoms with Gasteiger partial charge in [-0.05, 0) is 116 Å². The summed E-state index contributed by atoms with van der Waals surface area (Å²) >= 11 is 1.87. The van der Waals surface area contributed by atoms with Gasteiger partial charge in [0.25, 0.3) is 0 Å². The predicted octanol–water partition coefficient (Wildman–Crippen LogP) is 14.7. The van der Waals surface area contributed by atoms with Crippen LogP contribution in [0.4, 0.5) is 17.1 Å². The average molecular weight is 718 g/mol. The first-order chi connectivity index (χ1) is 27.3. The van der Waals surface area contributed by atoms with Crippen molar-refractivity contribution in [2.75, 3.05) is 4.90 Å². The molecule has 1 aliphatic rings. The Bertz CT molecular complexity index is 2980. The number of fused-ring (bicyclic) bond motifs is 7. The van der Waals surface area contributed by atoms with Gasteiger partial charge in [0, 0.05) is 37.2 Å². The van der Waals surface area contributed by atoms with Crippen LogP contribution in [0.25, 0.3) is 53.2 Å². The molecule has 0 amide bonds. The molecule has 0 bridgehead atoms. The monoisotopic (exact) mass is 717 g/mol. The Labute approximate surface area is 325 Å². The highest BCUT2D eigenvalue weighted by Crippen LogP contribution is 2.57. The number of benzene rings is 9. The third kappa shape index (κ3) is 4.99. The Morgan fingerprint density at radius 2 is 0.891 bits per heavy atom. The number of rotatable bonds is 6. The zero-order chi connectivity index (χ0) is 36.3. The fourth-order valence-corrected chi connectivity index (χ4v) is 10.1. The van der Waals surface area contributed by atoms with E-state index in [9.17, 15) is 0 Å². The molecule has 9 aromatic carbocycles. The number of anilines is 3. The molecule has 10 aromatic rings. The van der Waals surface area contributed by atoms with Gasteiger partial charge >= 0.3 is 0 Å². The zero-order valence-corrected chi connectivity index (χ0v) is 30.9. The Balaban J connectivity index is 1.06. The summed E-state index contributed by atoms with van der Waals surface area (Å²) in [6, 6.07) is 78.3. The summed E-state index contributed by atoms with van der Waals surface area (Å²) in [7, 11) is 0. The van der Waals surface area contributed by atoms with Crippen LogP contribution in [0.1, 0.15) is 22.3 Å². The molecule has 55 heavy (non-hydrogen) atoms. The lowest BCUT2D eigenvalue weighted by Crippen LogP contribution is -2.28. The van der Waals surface area contributed by atoms with Crippen LogP contribution >= 0.6 is 11.3 Å². The quantitative estimate of drug-likeness (QED) is 0.166. The van der Waals surface area contributed by atoms with E-state index in [1.807, 2.05) is 11.3 Å². The van der Waals surface area contributed by atoms with E-state index in [0.717, 1.165) is 17.1 Å². The van der Waals surface area contributed by atoms with Crippen molar-refractivity contribution in [3.05, 3.63) is 235 Å². The molecule has 1 aliphatic carbocycles. The average Bonchev–Trinajstić information content (AvgIpc) is 3.78. The normalized spacial score (nSPS) is 12.9. The molecular weight excluding hydrogens is 683 g/mol. The van der Waals surface area contributed by atoms with E-state index >= 15 is 0 Å². The SMILES string of the molecule is c1ccc(N(c2ccc(-c3ccc4ccccc4c3)cc2)c2ccc(C3(c4ccc5sc6ccccc6c5c4)c4ccccc4-c4ccccc43)cc2)cc1. The van der Waals surface area contributed by atoms with Crippen LogP contribution < -0.4 is 4.90 Å². The maximum atomic E-state index is 2.47. The summed E-state index contributed by atoms with van der Waals surface area (Å²) in [5.41, 5.74) is 13.1. The van der Waals surface area contributed by atoms with Gasteiger partial charge in [0.2, 0.25) is 0 Å². The first kappa shape index (κ1) is 31.8. The summed E-state index contributed by atoms with van der Waals surface area (Å²) in [5.74, 6) is 0.